The number of aromatic nitrogens is 4. The predicted octanol–water partition coefficient (Wildman–Crippen LogP) is 6.54. The van der Waals surface area contributed by atoms with Crippen LogP contribution in [0.5, 0.6) is 0 Å². The van der Waals surface area contributed by atoms with Crippen molar-refractivity contribution in [2.45, 2.75) is 51.4 Å². The van der Waals surface area contributed by atoms with Gasteiger partial charge in [-0.1, -0.05) is 36.8 Å². The monoisotopic (exact) mass is 414 g/mol. The highest BCUT2D eigenvalue weighted by atomic mass is 19.1. The van der Waals surface area contributed by atoms with Crippen LogP contribution in [0, 0.1) is 18.7 Å². The minimum absolute atomic E-state index is 0.196. The molecule has 1 fully saturated rings. The highest BCUT2D eigenvalue weighted by Gasteiger charge is 2.29. The molecule has 0 radical (unpaired) electrons. The van der Waals surface area contributed by atoms with Gasteiger partial charge in [0.15, 0.2) is 5.82 Å². The lowest BCUT2D eigenvalue weighted by atomic mass is 9.73. The summed E-state index contributed by atoms with van der Waals surface area (Å²) in [6.07, 6.45) is 6.32. The zero-order valence-corrected chi connectivity index (χ0v) is 18.0. The smallest absolute Gasteiger partial charge is 0.181 e. The van der Waals surface area contributed by atoms with Gasteiger partial charge in [-0.15, -0.1) is 0 Å². The molecule has 4 nitrogen and oxygen atoms in total. The summed E-state index contributed by atoms with van der Waals surface area (Å²) in [7, 11) is 0. The average Bonchev–Trinajstić information content (AvgIpc) is 3.29. The molecule has 0 aliphatic heterocycles. The van der Waals surface area contributed by atoms with Gasteiger partial charge in [0.25, 0.3) is 0 Å². The van der Waals surface area contributed by atoms with Gasteiger partial charge in [-0.3, -0.25) is 10.1 Å². The zero-order chi connectivity index (χ0) is 21.4. The van der Waals surface area contributed by atoms with Crippen molar-refractivity contribution >= 4 is 10.9 Å². The van der Waals surface area contributed by atoms with Crippen molar-refractivity contribution in [2.75, 3.05) is 0 Å². The molecule has 31 heavy (non-hydrogen) atoms. The second kappa shape index (κ2) is 8.22. The number of fused-ring (bicyclic) bond motifs is 1. The number of aryl methyl sites for hydroxylation is 1. The number of halogens is 1. The molecule has 0 bridgehead atoms. The van der Waals surface area contributed by atoms with E-state index in [-0.39, 0.29) is 5.82 Å². The Labute approximate surface area is 182 Å². The van der Waals surface area contributed by atoms with Crippen molar-refractivity contribution in [1.29, 1.82) is 0 Å². The van der Waals surface area contributed by atoms with Crippen LogP contribution in [0.3, 0.4) is 0 Å². The number of benzene rings is 2. The van der Waals surface area contributed by atoms with Gasteiger partial charge in [0.1, 0.15) is 11.6 Å². The second-order valence-corrected chi connectivity index (χ2v) is 8.87. The van der Waals surface area contributed by atoms with E-state index in [1.54, 1.807) is 12.1 Å². The van der Waals surface area contributed by atoms with E-state index < -0.39 is 0 Å². The van der Waals surface area contributed by atoms with Crippen LogP contribution in [0.1, 0.15) is 61.4 Å². The van der Waals surface area contributed by atoms with E-state index in [2.05, 4.69) is 59.4 Å². The van der Waals surface area contributed by atoms with Crippen molar-refractivity contribution in [3.8, 4) is 11.4 Å². The fourth-order valence-electron chi connectivity index (χ4n) is 4.96. The third-order valence-electron chi connectivity index (χ3n) is 6.90. The van der Waals surface area contributed by atoms with Crippen LogP contribution in [0.15, 0.2) is 54.7 Å². The number of nitrogens with one attached hydrogen (secondary N) is 1. The molecule has 1 atom stereocenters. The van der Waals surface area contributed by atoms with E-state index in [1.165, 1.54) is 17.2 Å². The number of rotatable bonds is 4. The third kappa shape index (κ3) is 3.97. The number of pyridine rings is 1. The maximum absolute atomic E-state index is 13.8. The van der Waals surface area contributed by atoms with Gasteiger partial charge < -0.3 is 0 Å². The summed E-state index contributed by atoms with van der Waals surface area (Å²) in [6.45, 7) is 4.33. The van der Waals surface area contributed by atoms with Gasteiger partial charge in [-0.25, -0.2) is 9.37 Å². The Balaban J connectivity index is 1.29. The number of hydrogen-bond acceptors (Lipinski definition) is 3. The van der Waals surface area contributed by atoms with Crippen molar-refractivity contribution < 1.29 is 4.39 Å². The van der Waals surface area contributed by atoms with Crippen LogP contribution in [-0.4, -0.2) is 20.2 Å². The summed E-state index contributed by atoms with van der Waals surface area (Å²) >= 11 is 0. The number of nitrogens with zero attached hydrogens (tertiary/aromatic N) is 3. The zero-order valence-electron chi connectivity index (χ0n) is 18.0. The number of H-pyrrole nitrogens is 1. The first-order valence-electron chi connectivity index (χ1n) is 11.1. The van der Waals surface area contributed by atoms with Crippen LogP contribution in [0.2, 0.25) is 0 Å². The second-order valence-electron chi connectivity index (χ2n) is 8.87. The normalized spacial score (nSPS) is 20.1. The molecule has 1 saturated carbocycles. The summed E-state index contributed by atoms with van der Waals surface area (Å²) in [5, 5.41) is 8.59. The Kier molecular flexibility index (Phi) is 5.26. The molecule has 1 aliphatic carbocycles. The lowest BCUT2D eigenvalue weighted by Gasteiger charge is -2.32. The Morgan fingerprint density at radius 3 is 2.55 bits per heavy atom. The van der Waals surface area contributed by atoms with Gasteiger partial charge >= 0.3 is 0 Å². The van der Waals surface area contributed by atoms with Crippen molar-refractivity contribution in [3.05, 3.63) is 77.5 Å². The largest absolute Gasteiger partial charge is 0.262 e. The molecule has 1 aliphatic rings. The van der Waals surface area contributed by atoms with Gasteiger partial charge in [0.05, 0.1) is 5.52 Å². The predicted molar refractivity (Wildman–Crippen MR) is 121 cm³/mol. The number of aromatic amines is 1. The quantitative estimate of drug-likeness (QED) is 0.412. The Morgan fingerprint density at radius 1 is 1.00 bits per heavy atom. The molecule has 0 unspecified atom stereocenters. The molecule has 2 aromatic carbocycles. The Hall–Kier alpha value is -3.08. The molecule has 4 aromatic rings. The van der Waals surface area contributed by atoms with E-state index in [1.807, 2.05) is 6.20 Å². The summed E-state index contributed by atoms with van der Waals surface area (Å²) in [6, 6.07) is 15.3. The SMILES string of the molecule is Cc1ccc(-c2n[nH]c([C@H](C)C3CCC(c4ccnc5ccc(F)cc45)CC3)n2)cc1. The van der Waals surface area contributed by atoms with Crippen LogP contribution >= 0.6 is 0 Å². The average molecular weight is 415 g/mol. The first kappa shape index (κ1) is 19.9. The highest BCUT2D eigenvalue weighted by Crippen LogP contribution is 2.42. The van der Waals surface area contributed by atoms with E-state index >= 15 is 0 Å². The first-order valence-corrected chi connectivity index (χ1v) is 11.1. The van der Waals surface area contributed by atoms with Crippen molar-refractivity contribution in [1.82, 2.24) is 20.2 Å². The van der Waals surface area contributed by atoms with Gasteiger partial charge in [0, 0.05) is 23.1 Å². The fraction of sp³-hybridized carbons (Fsp3) is 0.346. The minimum atomic E-state index is -0.196. The molecule has 158 valence electrons. The topological polar surface area (TPSA) is 54.5 Å². The fourth-order valence-corrected chi connectivity index (χ4v) is 4.96. The Bertz CT molecular complexity index is 1190. The van der Waals surface area contributed by atoms with Crippen LogP contribution < -0.4 is 0 Å². The maximum Gasteiger partial charge on any atom is 0.181 e. The van der Waals surface area contributed by atoms with Crippen molar-refractivity contribution in [2.24, 2.45) is 5.92 Å². The summed E-state index contributed by atoms with van der Waals surface area (Å²) in [4.78, 5) is 9.20. The Morgan fingerprint density at radius 2 is 1.77 bits per heavy atom. The van der Waals surface area contributed by atoms with Crippen LogP contribution in [-0.2, 0) is 0 Å². The van der Waals surface area contributed by atoms with E-state index in [4.69, 9.17) is 4.98 Å². The van der Waals surface area contributed by atoms with E-state index in [9.17, 15) is 4.39 Å². The minimum Gasteiger partial charge on any atom is -0.262 e. The summed E-state index contributed by atoms with van der Waals surface area (Å²) < 4.78 is 13.8. The van der Waals surface area contributed by atoms with Gasteiger partial charge in [-0.05, 0) is 74.3 Å². The molecular formula is C26H27FN4. The highest BCUT2D eigenvalue weighted by molar-refractivity contribution is 5.82. The molecule has 0 spiro atoms. The van der Waals surface area contributed by atoms with Crippen molar-refractivity contribution in [3.63, 3.8) is 0 Å². The number of hydrogen-bond donors (Lipinski definition) is 1. The molecule has 2 heterocycles. The van der Waals surface area contributed by atoms with Gasteiger partial charge in [0.2, 0.25) is 0 Å². The maximum atomic E-state index is 13.8. The van der Waals surface area contributed by atoms with E-state index in [0.717, 1.165) is 53.8 Å². The molecule has 2 aromatic heterocycles. The first-order chi connectivity index (χ1) is 15.1. The third-order valence-corrected chi connectivity index (χ3v) is 6.90. The summed E-state index contributed by atoms with van der Waals surface area (Å²) in [5.41, 5.74) is 4.38. The lowest BCUT2D eigenvalue weighted by Crippen LogP contribution is -2.19. The standard InChI is InChI=1S/C26H27FN4/c1-16-3-5-20(6-4-16)26-29-25(30-31-26)17(2)18-7-9-19(10-8-18)22-13-14-28-24-12-11-21(27)15-23(22)24/h3-6,11-15,17-19H,7-10H2,1-2H3,(H,29,30,31)/t17-,18?,19?/m1/s1. The van der Waals surface area contributed by atoms with Gasteiger partial charge in [-0.2, -0.15) is 5.10 Å². The molecule has 5 heteroatoms. The molecule has 0 amide bonds. The van der Waals surface area contributed by atoms with Crippen LogP contribution in [0.25, 0.3) is 22.3 Å². The molecule has 0 saturated heterocycles. The van der Waals surface area contributed by atoms with E-state index in [0.29, 0.717) is 17.8 Å². The molecule has 1 N–H and O–H groups in total. The van der Waals surface area contributed by atoms with Crippen LogP contribution in [0.4, 0.5) is 4.39 Å². The summed E-state index contributed by atoms with van der Waals surface area (Å²) in [5.74, 6) is 2.89. The lowest BCUT2D eigenvalue weighted by molar-refractivity contribution is 0.286. The molecule has 5 rings (SSSR count). The molecular weight excluding hydrogens is 387 g/mol.